The fourth-order valence-electron chi connectivity index (χ4n) is 1.63. The molecule has 0 fully saturated rings. The number of rotatable bonds is 3. The quantitative estimate of drug-likeness (QED) is 0.606. The number of halogens is 1. The maximum Gasteiger partial charge on any atom is 0.341 e. The molecule has 0 aliphatic carbocycles. The summed E-state index contributed by atoms with van der Waals surface area (Å²) in [6, 6.07) is 0.228. The number of ether oxygens (including phenoxy) is 1. The molecule has 0 unspecified atom stereocenters. The first-order chi connectivity index (χ1) is 7.41. The monoisotopic (exact) mass is 244 g/mol. The predicted molar refractivity (Wildman–Crippen MR) is 62.7 cm³/mol. The Hall–Kier alpha value is -1.03. The van der Waals surface area contributed by atoms with Crippen LogP contribution < -0.4 is 0 Å². The molecule has 0 aliphatic rings. The van der Waals surface area contributed by atoms with E-state index in [-0.39, 0.29) is 17.4 Å². The lowest BCUT2D eigenvalue weighted by Crippen LogP contribution is -2.21. The topological polar surface area (TPSA) is 44.1 Å². The van der Waals surface area contributed by atoms with Crippen molar-refractivity contribution in [2.75, 3.05) is 6.61 Å². The molecule has 90 valence electrons. The summed E-state index contributed by atoms with van der Waals surface area (Å²) >= 11 is 5.78. The van der Waals surface area contributed by atoms with Gasteiger partial charge in [0.2, 0.25) is 0 Å². The molecule has 0 saturated heterocycles. The van der Waals surface area contributed by atoms with E-state index in [2.05, 4.69) is 5.10 Å². The van der Waals surface area contributed by atoms with Crippen molar-refractivity contribution >= 4 is 17.6 Å². The van der Waals surface area contributed by atoms with Gasteiger partial charge in [-0.1, -0.05) is 20.8 Å². The highest BCUT2D eigenvalue weighted by Crippen LogP contribution is 2.26. The summed E-state index contributed by atoms with van der Waals surface area (Å²) in [4.78, 5) is 11.7. The molecule has 16 heavy (non-hydrogen) atoms. The summed E-state index contributed by atoms with van der Waals surface area (Å²) in [6.45, 7) is 8.16. The average Bonchev–Trinajstić information content (AvgIpc) is 2.60. The minimum Gasteiger partial charge on any atom is -0.462 e. The number of aromatic nitrogens is 2. The minimum atomic E-state index is -0.344. The van der Waals surface area contributed by atoms with Crippen LogP contribution in [-0.4, -0.2) is 22.4 Å². The third-order valence-corrected chi connectivity index (χ3v) is 2.38. The van der Waals surface area contributed by atoms with Gasteiger partial charge in [0.15, 0.2) is 0 Å². The van der Waals surface area contributed by atoms with Gasteiger partial charge in [0, 0.05) is 5.41 Å². The first-order valence-corrected chi connectivity index (χ1v) is 5.74. The smallest absolute Gasteiger partial charge is 0.341 e. The number of hydrogen-bond donors (Lipinski definition) is 0. The van der Waals surface area contributed by atoms with E-state index in [1.807, 2.05) is 20.8 Å². The first-order valence-electron chi connectivity index (χ1n) is 5.21. The van der Waals surface area contributed by atoms with Gasteiger partial charge in [-0.3, -0.25) is 4.68 Å². The molecule has 4 nitrogen and oxygen atoms in total. The van der Waals surface area contributed by atoms with Gasteiger partial charge in [0.05, 0.1) is 18.5 Å². The molecular weight excluding hydrogens is 228 g/mol. The number of carbonyl (C=O) groups is 1. The molecule has 0 aliphatic heterocycles. The van der Waals surface area contributed by atoms with Crippen LogP contribution in [-0.2, 0) is 16.2 Å². The molecule has 1 aromatic rings. The molecule has 0 saturated carbocycles. The van der Waals surface area contributed by atoms with Crippen LogP contribution in [0.4, 0.5) is 0 Å². The lowest BCUT2D eigenvalue weighted by molar-refractivity contribution is 0.0523. The van der Waals surface area contributed by atoms with Crippen molar-refractivity contribution in [1.82, 2.24) is 9.78 Å². The van der Waals surface area contributed by atoms with Crippen molar-refractivity contribution in [2.24, 2.45) is 0 Å². The van der Waals surface area contributed by atoms with Crippen molar-refractivity contribution in [3.8, 4) is 0 Å². The highest BCUT2D eigenvalue weighted by molar-refractivity contribution is 6.15. The minimum absolute atomic E-state index is 0.201. The zero-order valence-electron chi connectivity index (χ0n) is 10.1. The lowest BCUT2D eigenvalue weighted by Gasteiger charge is -2.21. The Kier molecular flexibility index (Phi) is 3.97. The Morgan fingerprint density at radius 3 is 2.62 bits per heavy atom. The Morgan fingerprint density at radius 2 is 2.19 bits per heavy atom. The van der Waals surface area contributed by atoms with Gasteiger partial charge >= 0.3 is 5.97 Å². The fourth-order valence-corrected chi connectivity index (χ4v) is 1.81. The van der Waals surface area contributed by atoms with Crippen molar-refractivity contribution in [3.05, 3.63) is 17.5 Å². The zero-order valence-corrected chi connectivity index (χ0v) is 10.8. The molecule has 0 spiro atoms. The molecule has 0 radical (unpaired) electrons. The van der Waals surface area contributed by atoms with Crippen molar-refractivity contribution in [2.45, 2.75) is 39.1 Å². The SMILES string of the molecule is CCOC(=O)c1cnn(CCl)c1C(C)(C)C. The molecule has 5 heteroatoms. The van der Waals surface area contributed by atoms with Crippen LogP contribution in [0.15, 0.2) is 6.20 Å². The van der Waals surface area contributed by atoms with Crippen LogP contribution in [0.25, 0.3) is 0 Å². The first kappa shape index (κ1) is 13.0. The van der Waals surface area contributed by atoms with Crippen LogP contribution in [0.5, 0.6) is 0 Å². The zero-order chi connectivity index (χ0) is 12.3. The molecule has 0 N–H and O–H groups in total. The Morgan fingerprint density at radius 1 is 1.56 bits per heavy atom. The van der Waals surface area contributed by atoms with Gasteiger partial charge in [0.25, 0.3) is 0 Å². The van der Waals surface area contributed by atoms with Gasteiger partial charge in [0.1, 0.15) is 11.6 Å². The van der Waals surface area contributed by atoms with Crippen LogP contribution >= 0.6 is 11.6 Å². The molecule has 1 heterocycles. The van der Waals surface area contributed by atoms with Gasteiger partial charge in [-0.15, -0.1) is 11.6 Å². The summed E-state index contributed by atoms with van der Waals surface area (Å²) in [6.07, 6.45) is 1.51. The van der Waals surface area contributed by atoms with E-state index in [0.717, 1.165) is 5.69 Å². The molecule has 1 aromatic heterocycles. The maximum atomic E-state index is 11.7. The molecule has 0 atom stereocenters. The maximum absolute atomic E-state index is 11.7. The lowest BCUT2D eigenvalue weighted by atomic mass is 9.89. The van der Waals surface area contributed by atoms with Crippen molar-refractivity contribution < 1.29 is 9.53 Å². The van der Waals surface area contributed by atoms with E-state index >= 15 is 0 Å². The average molecular weight is 245 g/mol. The van der Waals surface area contributed by atoms with Crippen LogP contribution in [0.3, 0.4) is 0 Å². The van der Waals surface area contributed by atoms with Crippen molar-refractivity contribution in [3.63, 3.8) is 0 Å². The number of hydrogen-bond acceptors (Lipinski definition) is 3. The van der Waals surface area contributed by atoms with E-state index in [1.54, 1.807) is 11.6 Å². The molecule has 0 amide bonds. The Balaban J connectivity index is 3.20. The summed E-state index contributed by atoms with van der Waals surface area (Å²) in [7, 11) is 0. The van der Waals surface area contributed by atoms with Gasteiger partial charge in [-0.25, -0.2) is 4.79 Å². The van der Waals surface area contributed by atoms with Gasteiger partial charge < -0.3 is 4.74 Å². The highest BCUT2D eigenvalue weighted by Gasteiger charge is 2.27. The summed E-state index contributed by atoms with van der Waals surface area (Å²) in [5, 5.41) is 4.09. The molecule has 0 aromatic carbocycles. The van der Waals surface area contributed by atoms with Crippen LogP contribution in [0.2, 0.25) is 0 Å². The predicted octanol–water partition coefficient (Wildman–Crippen LogP) is 2.55. The summed E-state index contributed by atoms with van der Waals surface area (Å²) in [5.41, 5.74) is 1.10. The summed E-state index contributed by atoms with van der Waals surface area (Å²) in [5.74, 6) is -0.344. The number of alkyl halides is 1. The third kappa shape index (κ3) is 2.55. The largest absolute Gasteiger partial charge is 0.462 e. The third-order valence-electron chi connectivity index (χ3n) is 2.16. The molecule has 0 bridgehead atoms. The van der Waals surface area contributed by atoms with E-state index in [4.69, 9.17) is 16.3 Å². The van der Waals surface area contributed by atoms with E-state index in [1.165, 1.54) is 6.20 Å². The highest BCUT2D eigenvalue weighted by atomic mass is 35.5. The second-order valence-electron chi connectivity index (χ2n) is 4.50. The Bertz CT molecular complexity index is 380. The van der Waals surface area contributed by atoms with Gasteiger partial charge in [-0.2, -0.15) is 5.10 Å². The van der Waals surface area contributed by atoms with Gasteiger partial charge in [-0.05, 0) is 6.92 Å². The number of nitrogens with zero attached hydrogens (tertiary/aromatic N) is 2. The fraction of sp³-hybridized carbons (Fsp3) is 0.636. The van der Waals surface area contributed by atoms with Crippen LogP contribution in [0.1, 0.15) is 43.7 Å². The van der Waals surface area contributed by atoms with E-state index in [9.17, 15) is 4.79 Å². The standard InChI is InChI=1S/C11H17ClN2O2/c1-5-16-10(15)8-6-13-14(7-12)9(8)11(2,3)4/h6H,5,7H2,1-4H3. The Labute approximate surface area is 101 Å². The second kappa shape index (κ2) is 4.87. The normalized spacial score (nSPS) is 11.6. The number of esters is 1. The second-order valence-corrected chi connectivity index (χ2v) is 4.74. The molecular formula is C11H17ClN2O2. The van der Waals surface area contributed by atoms with E-state index in [0.29, 0.717) is 12.2 Å². The van der Waals surface area contributed by atoms with Crippen LogP contribution in [0, 0.1) is 0 Å². The van der Waals surface area contributed by atoms with E-state index < -0.39 is 0 Å². The summed E-state index contributed by atoms with van der Waals surface area (Å²) < 4.78 is 6.61. The van der Waals surface area contributed by atoms with Crippen molar-refractivity contribution in [1.29, 1.82) is 0 Å². The number of carbonyl (C=O) groups excluding carboxylic acids is 1. The molecule has 1 rings (SSSR count).